The third-order valence-electron chi connectivity index (χ3n) is 6.88. The molecule has 2 aliphatic carbocycles. The van der Waals surface area contributed by atoms with Gasteiger partial charge < -0.3 is 14.9 Å². The summed E-state index contributed by atoms with van der Waals surface area (Å²) >= 11 is 3.10. The number of rotatable bonds is 11. The zero-order valence-corrected chi connectivity index (χ0v) is 21.1. The SMILES string of the molecule is CCOC(=O)c1csc(SCC[C@H]2[C@@H](O)CC[C@@H]2/C=C/CC(C)(O)CC2CCCCC2)n1. The molecule has 3 rings (SSSR count). The summed E-state index contributed by atoms with van der Waals surface area (Å²) in [5.41, 5.74) is -0.260. The molecule has 1 aromatic rings. The summed E-state index contributed by atoms with van der Waals surface area (Å²) in [5.74, 6) is 1.77. The number of hydrogen-bond donors (Lipinski definition) is 2. The van der Waals surface area contributed by atoms with Crippen molar-refractivity contribution in [3.05, 3.63) is 23.2 Å². The lowest BCUT2D eigenvalue weighted by Crippen LogP contribution is -2.28. The molecule has 0 radical (unpaired) electrons. The van der Waals surface area contributed by atoms with Crippen molar-refractivity contribution in [1.82, 2.24) is 4.98 Å². The second kappa shape index (κ2) is 12.5. The van der Waals surface area contributed by atoms with Crippen LogP contribution in [0.4, 0.5) is 0 Å². The summed E-state index contributed by atoms with van der Waals surface area (Å²) in [5, 5.41) is 23.1. The van der Waals surface area contributed by atoms with Crippen LogP contribution in [0.1, 0.15) is 88.5 Å². The number of hydrogen-bond acceptors (Lipinski definition) is 7. The Hall–Kier alpha value is -0.890. The fourth-order valence-electron chi connectivity index (χ4n) is 5.22. The Morgan fingerprint density at radius 3 is 2.84 bits per heavy atom. The Labute approximate surface area is 201 Å². The van der Waals surface area contributed by atoms with Crippen LogP contribution in [0.5, 0.6) is 0 Å². The molecule has 5 nitrogen and oxygen atoms in total. The van der Waals surface area contributed by atoms with Crippen LogP contribution in [-0.4, -0.2) is 45.2 Å². The van der Waals surface area contributed by atoms with Gasteiger partial charge in [-0.25, -0.2) is 9.78 Å². The van der Waals surface area contributed by atoms with Gasteiger partial charge in [0.05, 0.1) is 18.3 Å². The van der Waals surface area contributed by atoms with Crippen LogP contribution in [0.25, 0.3) is 0 Å². The number of carbonyl (C=O) groups is 1. The van der Waals surface area contributed by atoms with E-state index in [1.807, 2.05) is 6.92 Å². The van der Waals surface area contributed by atoms with Crippen molar-refractivity contribution in [2.24, 2.45) is 17.8 Å². The summed E-state index contributed by atoms with van der Waals surface area (Å²) in [4.78, 5) is 16.1. The number of aliphatic hydroxyl groups is 2. The Kier molecular flexibility index (Phi) is 10.1. The standard InChI is InChI=1S/C25H39NO4S2/c1-3-30-23(28)21-17-32-24(26-21)31-15-13-20-19(11-12-22(20)27)10-7-14-25(2,29)16-18-8-5-4-6-9-18/h7,10,17-20,22,27,29H,3-6,8-9,11-16H2,1-2H3/b10-7+/t19-,20+,22-,25?/m0/s1. The molecule has 180 valence electrons. The average molecular weight is 482 g/mol. The summed E-state index contributed by atoms with van der Waals surface area (Å²) in [6, 6.07) is 0. The van der Waals surface area contributed by atoms with Crippen LogP contribution >= 0.6 is 23.1 Å². The van der Waals surface area contributed by atoms with E-state index in [0.717, 1.165) is 35.8 Å². The first-order valence-corrected chi connectivity index (χ1v) is 14.1. The van der Waals surface area contributed by atoms with E-state index in [2.05, 4.69) is 17.1 Å². The highest BCUT2D eigenvalue weighted by atomic mass is 32.2. The van der Waals surface area contributed by atoms with Crippen molar-refractivity contribution in [3.8, 4) is 0 Å². The number of nitrogens with zero attached hydrogens (tertiary/aromatic N) is 1. The lowest BCUT2D eigenvalue weighted by Gasteiger charge is -2.30. The Bertz CT molecular complexity index is 742. The molecule has 1 unspecified atom stereocenters. The molecule has 2 aliphatic rings. The molecular weight excluding hydrogens is 442 g/mol. The molecule has 0 saturated heterocycles. The van der Waals surface area contributed by atoms with E-state index in [9.17, 15) is 15.0 Å². The van der Waals surface area contributed by atoms with Crippen molar-refractivity contribution in [2.75, 3.05) is 12.4 Å². The second-order valence-electron chi connectivity index (χ2n) is 9.67. The molecule has 1 heterocycles. The van der Waals surface area contributed by atoms with E-state index in [1.165, 1.54) is 43.4 Å². The maximum Gasteiger partial charge on any atom is 0.357 e. The molecule has 7 heteroatoms. The molecular formula is C25H39NO4S2. The van der Waals surface area contributed by atoms with E-state index < -0.39 is 5.60 Å². The number of aliphatic hydroxyl groups excluding tert-OH is 1. The minimum absolute atomic E-state index is 0.242. The van der Waals surface area contributed by atoms with Gasteiger partial charge in [-0.15, -0.1) is 11.3 Å². The molecule has 0 spiro atoms. The van der Waals surface area contributed by atoms with Crippen molar-refractivity contribution < 1.29 is 19.7 Å². The molecule has 2 saturated carbocycles. The molecule has 0 bridgehead atoms. The van der Waals surface area contributed by atoms with Gasteiger partial charge in [0.25, 0.3) is 0 Å². The van der Waals surface area contributed by atoms with Gasteiger partial charge in [0, 0.05) is 11.1 Å². The largest absolute Gasteiger partial charge is 0.461 e. The van der Waals surface area contributed by atoms with Gasteiger partial charge in [-0.1, -0.05) is 56.0 Å². The number of thiazole rings is 1. The maximum absolute atomic E-state index is 11.8. The van der Waals surface area contributed by atoms with Gasteiger partial charge in [-0.05, 0) is 63.7 Å². The quantitative estimate of drug-likeness (QED) is 0.234. The fourth-order valence-corrected chi connectivity index (χ4v) is 7.13. The first kappa shape index (κ1) is 25.7. The van der Waals surface area contributed by atoms with Crippen molar-refractivity contribution in [1.29, 1.82) is 0 Å². The first-order chi connectivity index (χ1) is 15.4. The zero-order chi connectivity index (χ0) is 23.0. The van der Waals surface area contributed by atoms with Crippen LogP contribution in [0.2, 0.25) is 0 Å². The molecule has 2 fully saturated rings. The van der Waals surface area contributed by atoms with Crippen molar-refractivity contribution in [2.45, 2.75) is 94.1 Å². The van der Waals surface area contributed by atoms with Crippen LogP contribution in [0.3, 0.4) is 0 Å². The summed E-state index contributed by atoms with van der Waals surface area (Å²) in [6.07, 6.45) is 14.9. The molecule has 32 heavy (non-hydrogen) atoms. The predicted molar refractivity (Wildman–Crippen MR) is 131 cm³/mol. The number of allylic oxidation sites excluding steroid dienone is 1. The first-order valence-electron chi connectivity index (χ1n) is 12.2. The predicted octanol–water partition coefficient (Wildman–Crippen LogP) is 5.86. The minimum Gasteiger partial charge on any atom is -0.461 e. The minimum atomic E-state index is -0.636. The highest BCUT2D eigenvalue weighted by Gasteiger charge is 2.33. The van der Waals surface area contributed by atoms with Crippen LogP contribution in [0.15, 0.2) is 21.9 Å². The zero-order valence-electron chi connectivity index (χ0n) is 19.5. The molecule has 1 aromatic heterocycles. The van der Waals surface area contributed by atoms with Crippen LogP contribution < -0.4 is 0 Å². The van der Waals surface area contributed by atoms with Crippen LogP contribution in [0, 0.1) is 17.8 Å². The molecule has 2 N–H and O–H groups in total. The summed E-state index contributed by atoms with van der Waals surface area (Å²) in [6.45, 7) is 4.11. The molecule has 0 aromatic carbocycles. The fraction of sp³-hybridized carbons (Fsp3) is 0.760. The topological polar surface area (TPSA) is 79.7 Å². The number of aromatic nitrogens is 1. The normalized spacial score (nSPS) is 26.4. The maximum atomic E-state index is 11.8. The number of esters is 1. The van der Waals surface area contributed by atoms with Gasteiger partial charge in [0.2, 0.25) is 0 Å². The Morgan fingerprint density at radius 2 is 2.09 bits per heavy atom. The lowest BCUT2D eigenvalue weighted by molar-refractivity contribution is 0.0302. The van der Waals surface area contributed by atoms with E-state index in [1.54, 1.807) is 24.1 Å². The van der Waals surface area contributed by atoms with Gasteiger partial charge in [0.1, 0.15) is 0 Å². The summed E-state index contributed by atoms with van der Waals surface area (Å²) in [7, 11) is 0. The van der Waals surface area contributed by atoms with Crippen molar-refractivity contribution in [3.63, 3.8) is 0 Å². The molecule has 4 atom stereocenters. The van der Waals surface area contributed by atoms with Crippen LogP contribution in [-0.2, 0) is 4.74 Å². The third kappa shape index (κ3) is 7.86. The van der Waals surface area contributed by atoms with E-state index in [0.29, 0.717) is 30.6 Å². The second-order valence-corrected chi connectivity index (χ2v) is 11.9. The Morgan fingerprint density at radius 1 is 1.31 bits per heavy atom. The van der Waals surface area contributed by atoms with E-state index >= 15 is 0 Å². The number of carbonyl (C=O) groups excluding carboxylic acids is 1. The summed E-state index contributed by atoms with van der Waals surface area (Å²) < 4.78 is 5.86. The van der Waals surface area contributed by atoms with Gasteiger partial charge in [0.15, 0.2) is 10.0 Å². The van der Waals surface area contributed by atoms with Gasteiger partial charge >= 0.3 is 5.97 Å². The average Bonchev–Trinajstić information content (AvgIpc) is 3.36. The molecule has 0 aliphatic heterocycles. The smallest absolute Gasteiger partial charge is 0.357 e. The van der Waals surface area contributed by atoms with Crippen molar-refractivity contribution >= 4 is 29.1 Å². The molecule has 0 amide bonds. The van der Waals surface area contributed by atoms with Gasteiger partial charge in [-0.2, -0.15) is 0 Å². The van der Waals surface area contributed by atoms with Gasteiger partial charge in [-0.3, -0.25) is 0 Å². The highest BCUT2D eigenvalue weighted by Crippen LogP contribution is 2.38. The lowest BCUT2D eigenvalue weighted by atomic mass is 9.80. The highest BCUT2D eigenvalue weighted by molar-refractivity contribution is 8.01. The van der Waals surface area contributed by atoms with E-state index in [4.69, 9.17) is 4.74 Å². The third-order valence-corrected chi connectivity index (χ3v) is 8.93. The number of thioether (sulfide) groups is 1. The monoisotopic (exact) mass is 481 g/mol. The number of ether oxygens (including phenoxy) is 1. The van der Waals surface area contributed by atoms with E-state index in [-0.39, 0.29) is 18.0 Å². The Balaban J connectivity index is 1.44.